The van der Waals surface area contributed by atoms with Crippen molar-refractivity contribution in [1.29, 1.82) is 0 Å². The number of aliphatic hydroxyl groups is 1. The van der Waals surface area contributed by atoms with E-state index in [0.717, 1.165) is 16.5 Å². The molecule has 11 nitrogen and oxygen atoms in total. The highest BCUT2D eigenvalue weighted by Gasteiger charge is 2.39. The van der Waals surface area contributed by atoms with Gasteiger partial charge in [-0.2, -0.15) is 0 Å². The minimum absolute atomic E-state index is 0.0621. The number of pyridine rings is 2. The van der Waals surface area contributed by atoms with Gasteiger partial charge in [0.2, 0.25) is 0 Å². The van der Waals surface area contributed by atoms with Crippen molar-refractivity contribution in [1.82, 2.24) is 14.9 Å². The predicted molar refractivity (Wildman–Crippen MR) is 152 cm³/mol. The second-order valence-electron chi connectivity index (χ2n) is 10.6. The molecule has 2 amide bonds. The van der Waals surface area contributed by atoms with Crippen molar-refractivity contribution in [2.45, 2.75) is 64.2 Å². The molecule has 0 fully saturated rings. The lowest BCUT2D eigenvalue weighted by molar-refractivity contribution is -0.143. The molecule has 4 N–H and O–H groups in total. The van der Waals surface area contributed by atoms with Crippen LogP contribution in [0.15, 0.2) is 41.2 Å². The van der Waals surface area contributed by atoms with Gasteiger partial charge in [-0.3, -0.25) is 19.2 Å². The molecule has 0 saturated carbocycles. The third-order valence-corrected chi connectivity index (χ3v) is 7.65. The monoisotopic (exact) mass is 564 g/mol. The number of ether oxygens (including phenoxy) is 2. The van der Waals surface area contributed by atoms with E-state index in [1.807, 2.05) is 30.3 Å². The van der Waals surface area contributed by atoms with Crippen molar-refractivity contribution >= 4 is 28.7 Å². The number of fused-ring (bicyclic) bond motifs is 4. The normalized spacial score (nSPS) is 13.8. The molecule has 0 spiro atoms. The summed E-state index contributed by atoms with van der Waals surface area (Å²) in [6, 6.07) is 11.2. The Morgan fingerprint density at radius 3 is 2.61 bits per heavy atom. The smallest absolute Gasteiger partial charge is 0.306 e. The van der Waals surface area contributed by atoms with Crippen LogP contribution < -0.4 is 16.6 Å². The van der Waals surface area contributed by atoms with Crippen molar-refractivity contribution in [3.05, 3.63) is 63.4 Å². The van der Waals surface area contributed by atoms with Gasteiger partial charge in [-0.15, -0.1) is 0 Å². The number of primary amides is 1. The molecular weight excluding hydrogens is 528 g/mol. The number of methoxy groups -OCH3 is 1. The van der Waals surface area contributed by atoms with E-state index < -0.39 is 28.6 Å². The number of benzene rings is 1. The molecule has 0 aliphatic carbocycles. The Morgan fingerprint density at radius 2 is 1.93 bits per heavy atom. The molecule has 0 bridgehead atoms. The highest BCUT2D eigenvalue weighted by molar-refractivity contribution is 5.87. The maximum absolute atomic E-state index is 13.8. The van der Waals surface area contributed by atoms with Crippen LogP contribution in [0.4, 0.5) is 0 Å². The quantitative estimate of drug-likeness (QED) is 0.174. The van der Waals surface area contributed by atoms with E-state index in [2.05, 4.69) is 5.32 Å². The SMILES string of the molecule is CC[C@@](O)(C(N)=O)c1cc2n(c(=O)c1CCC(=O)OCCCNC(=O)C(C)(C)OC)Cc1cc3ccccc3nc1-2. The molecule has 3 heterocycles. The number of amides is 2. The first-order valence-corrected chi connectivity index (χ1v) is 13.6. The number of nitrogens with one attached hydrogen (secondary N) is 1. The van der Waals surface area contributed by atoms with E-state index in [1.165, 1.54) is 7.11 Å². The number of aromatic nitrogens is 2. The summed E-state index contributed by atoms with van der Waals surface area (Å²) in [4.78, 5) is 55.5. The van der Waals surface area contributed by atoms with E-state index in [0.29, 0.717) is 24.4 Å². The summed E-state index contributed by atoms with van der Waals surface area (Å²) >= 11 is 0. The van der Waals surface area contributed by atoms with E-state index in [1.54, 1.807) is 31.4 Å². The summed E-state index contributed by atoms with van der Waals surface area (Å²) < 4.78 is 12.0. The van der Waals surface area contributed by atoms with Gasteiger partial charge in [-0.25, -0.2) is 4.98 Å². The van der Waals surface area contributed by atoms with E-state index in [9.17, 15) is 24.3 Å². The average Bonchev–Trinajstić information content (AvgIpc) is 3.31. The minimum Gasteiger partial charge on any atom is -0.466 e. The molecule has 218 valence electrons. The fraction of sp³-hybridized carbons (Fsp3) is 0.433. The number of carbonyl (C=O) groups excluding carboxylic acids is 3. The Labute approximate surface area is 237 Å². The molecule has 1 atom stereocenters. The third-order valence-electron chi connectivity index (χ3n) is 7.65. The molecule has 11 heteroatoms. The van der Waals surface area contributed by atoms with Gasteiger partial charge in [-0.1, -0.05) is 25.1 Å². The number of nitrogens with zero attached hydrogens (tertiary/aromatic N) is 2. The van der Waals surface area contributed by atoms with Crippen molar-refractivity contribution in [3.8, 4) is 11.4 Å². The van der Waals surface area contributed by atoms with Gasteiger partial charge in [0.15, 0.2) is 5.60 Å². The second-order valence-corrected chi connectivity index (χ2v) is 10.6. The van der Waals surface area contributed by atoms with E-state index in [4.69, 9.17) is 20.2 Å². The molecule has 3 aromatic rings. The Bertz CT molecular complexity index is 1560. The average molecular weight is 565 g/mol. The topological polar surface area (TPSA) is 163 Å². The van der Waals surface area contributed by atoms with Gasteiger partial charge in [0.25, 0.3) is 17.4 Å². The Kier molecular flexibility index (Phi) is 8.60. The largest absolute Gasteiger partial charge is 0.466 e. The summed E-state index contributed by atoms with van der Waals surface area (Å²) in [5.41, 5.74) is 4.97. The molecule has 4 rings (SSSR count). The van der Waals surface area contributed by atoms with Gasteiger partial charge in [-0.05, 0) is 51.3 Å². The number of para-hydroxylation sites is 1. The zero-order valence-electron chi connectivity index (χ0n) is 23.8. The van der Waals surface area contributed by atoms with E-state index in [-0.39, 0.29) is 49.4 Å². The molecular formula is C30H36N4O7. The lowest BCUT2D eigenvalue weighted by atomic mass is 9.85. The van der Waals surface area contributed by atoms with Crippen molar-refractivity contribution in [3.63, 3.8) is 0 Å². The van der Waals surface area contributed by atoms with Crippen LogP contribution in [0.5, 0.6) is 0 Å². The van der Waals surface area contributed by atoms with Crippen LogP contribution >= 0.6 is 0 Å². The molecule has 1 aliphatic rings. The molecule has 1 aromatic carbocycles. The summed E-state index contributed by atoms with van der Waals surface area (Å²) in [7, 11) is 1.45. The Balaban J connectivity index is 1.54. The number of hydrogen-bond acceptors (Lipinski definition) is 8. The number of rotatable bonds is 12. The second kappa shape index (κ2) is 11.8. The lowest BCUT2D eigenvalue weighted by Crippen LogP contribution is -2.44. The first kappa shape index (κ1) is 29.9. The highest BCUT2D eigenvalue weighted by atomic mass is 16.5. The van der Waals surface area contributed by atoms with Gasteiger partial charge in [0, 0.05) is 42.2 Å². The van der Waals surface area contributed by atoms with Gasteiger partial charge in [0.1, 0.15) is 5.60 Å². The summed E-state index contributed by atoms with van der Waals surface area (Å²) in [6.07, 6.45) is 0.110. The Hall–Kier alpha value is -4.09. The summed E-state index contributed by atoms with van der Waals surface area (Å²) in [5.74, 6) is -1.82. The number of hydrogen-bond donors (Lipinski definition) is 3. The minimum atomic E-state index is -2.11. The van der Waals surface area contributed by atoms with Crippen molar-refractivity contribution in [2.24, 2.45) is 5.73 Å². The van der Waals surface area contributed by atoms with Crippen molar-refractivity contribution < 1.29 is 29.0 Å². The van der Waals surface area contributed by atoms with Crippen LogP contribution in [0, 0.1) is 0 Å². The standard InChI is InChI=1S/C30H36N4O7/c1-5-30(39,27(31)37)21-16-23-25-19(15-18-9-6-7-10-22(18)33-25)17-34(23)26(36)20(21)11-12-24(35)41-14-8-13-32-28(38)29(2,3)40-4/h6-7,9-10,15-16,39H,5,8,11-14,17H2,1-4H3,(H2,31,37)(H,32,38)/t30-/m0/s1. The maximum atomic E-state index is 13.8. The molecule has 0 unspecified atom stereocenters. The van der Waals surface area contributed by atoms with Crippen LogP contribution in [0.3, 0.4) is 0 Å². The molecule has 1 aliphatic heterocycles. The summed E-state index contributed by atoms with van der Waals surface area (Å²) in [5, 5.41) is 15.0. The van der Waals surface area contributed by atoms with Crippen LogP contribution in [0.1, 0.15) is 56.7 Å². The van der Waals surface area contributed by atoms with Gasteiger partial charge < -0.3 is 30.2 Å². The molecule has 0 radical (unpaired) electrons. The maximum Gasteiger partial charge on any atom is 0.306 e. The molecule has 0 saturated heterocycles. The molecule has 41 heavy (non-hydrogen) atoms. The first-order valence-electron chi connectivity index (χ1n) is 13.6. The van der Waals surface area contributed by atoms with E-state index >= 15 is 0 Å². The zero-order chi connectivity index (χ0) is 29.9. The van der Waals surface area contributed by atoms with Crippen LogP contribution in [0.2, 0.25) is 0 Å². The van der Waals surface area contributed by atoms with Crippen LogP contribution in [0.25, 0.3) is 22.3 Å². The first-order chi connectivity index (χ1) is 19.4. The van der Waals surface area contributed by atoms with Crippen LogP contribution in [-0.2, 0) is 42.4 Å². The highest BCUT2D eigenvalue weighted by Crippen LogP contribution is 2.36. The summed E-state index contributed by atoms with van der Waals surface area (Å²) in [6.45, 7) is 5.52. The fourth-order valence-corrected chi connectivity index (χ4v) is 4.89. The van der Waals surface area contributed by atoms with Gasteiger partial charge in [0.05, 0.1) is 30.1 Å². The Morgan fingerprint density at radius 1 is 1.20 bits per heavy atom. The number of esters is 1. The van der Waals surface area contributed by atoms with Crippen LogP contribution in [-0.4, -0.2) is 58.3 Å². The number of carbonyl (C=O) groups is 3. The lowest BCUT2D eigenvalue weighted by Gasteiger charge is -2.27. The fourth-order valence-electron chi connectivity index (χ4n) is 4.89. The van der Waals surface area contributed by atoms with Crippen molar-refractivity contribution in [2.75, 3.05) is 20.3 Å². The predicted octanol–water partition coefficient (Wildman–Crippen LogP) is 1.92. The molecule has 2 aromatic heterocycles. The van der Waals surface area contributed by atoms with Gasteiger partial charge >= 0.3 is 5.97 Å². The number of nitrogens with two attached hydrogens (primary N) is 1. The third kappa shape index (κ3) is 5.86. The zero-order valence-corrected chi connectivity index (χ0v) is 23.8.